The van der Waals surface area contributed by atoms with Gasteiger partial charge in [-0.3, -0.25) is 9.59 Å². The molecule has 3 heteroatoms. The molecule has 1 N–H and O–H groups in total. The predicted molar refractivity (Wildman–Crippen MR) is 48.2 cm³/mol. The molecule has 0 bridgehead atoms. The lowest BCUT2D eigenvalue weighted by atomic mass is 10.0. The van der Waals surface area contributed by atoms with Crippen molar-refractivity contribution in [1.82, 2.24) is 0 Å². The largest absolute Gasteiger partial charge is 0.507 e. The van der Waals surface area contributed by atoms with Crippen LogP contribution in [0, 0.1) is 6.92 Å². The van der Waals surface area contributed by atoms with Gasteiger partial charge in [-0.05, 0) is 31.5 Å². The summed E-state index contributed by atoms with van der Waals surface area (Å²) >= 11 is 0. The highest BCUT2D eigenvalue weighted by Gasteiger charge is 2.12. The number of benzene rings is 1. The van der Waals surface area contributed by atoms with Crippen molar-refractivity contribution in [2.75, 3.05) is 0 Å². The molecular weight excluding hydrogens is 168 g/mol. The summed E-state index contributed by atoms with van der Waals surface area (Å²) in [5.41, 5.74) is 1.09. The summed E-state index contributed by atoms with van der Waals surface area (Å²) < 4.78 is 0. The van der Waals surface area contributed by atoms with Crippen molar-refractivity contribution in [3.05, 3.63) is 28.8 Å². The second-order valence-electron chi connectivity index (χ2n) is 2.92. The fourth-order valence-corrected chi connectivity index (χ4v) is 1.27. The minimum atomic E-state index is -0.306. The Morgan fingerprint density at radius 1 is 1.46 bits per heavy atom. The van der Waals surface area contributed by atoms with Gasteiger partial charge < -0.3 is 5.11 Å². The average Bonchev–Trinajstić information content (AvgIpc) is 2.01. The maximum absolute atomic E-state index is 11.0. The molecule has 0 saturated carbocycles. The molecule has 0 aromatic heterocycles. The van der Waals surface area contributed by atoms with Crippen molar-refractivity contribution in [2.24, 2.45) is 0 Å². The van der Waals surface area contributed by atoms with Crippen LogP contribution in [0.4, 0.5) is 0 Å². The van der Waals surface area contributed by atoms with E-state index in [1.807, 2.05) is 0 Å². The molecule has 0 radical (unpaired) electrons. The summed E-state index contributed by atoms with van der Waals surface area (Å²) in [7, 11) is 0. The van der Waals surface area contributed by atoms with Crippen LogP contribution in [0.1, 0.15) is 33.2 Å². The quantitative estimate of drug-likeness (QED) is 0.554. The molecule has 68 valence electrons. The van der Waals surface area contributed by atoms with E-state index in [1.54, 1.807) is 13.0 Å². The topological polar surface area (TPSA) is 54.4 Å². The van der Waals surface area contributed by atoms with Gasteiger partial charge >= 0.3 is 0 Å². The van der Waals surface area contributed by atoms with E-state index in [9.17, 15) is 14.7 Å². The first-order chi connectivity index (χ1) is 6.06. The zero-order chi connectivity index (χ0) is 10.0. The lowest BCUT2D eigenvalue weighted by Gasteiger charge is -2.04. The number of ketones is 1. The van der Waals surface area contributed by atoms with Gasteiger partial charge in [0.2, 0.25) is 0 Å². The SMILES string of the molecule is CC(=O)c1c(O)cc(C)cc1C=O. The van der Waals surface area contributed by atoms with Crippen LogP contribution >= 0.6 is 0 Å². The van der Waals surface area contributed by atoms with Crippen LogP contribution in [0.25, 0.3) is 0 Å². The summed E-state index contributed by atoms with van der Waals surface area (Å²) in [6.45, 7) is 3.06. The number of aldehydes is 1. The molecule has 0 fully saturated rings. The molecule has 13 heavy (non-hydrogen) atoms. The Bertz CT molecular complexity index is 367. The van der Waals surface area contributed by atoms with Crippen molar-refractivity contribution in [1.29, 1.82) is 0 Å². The van der Waals surface area contributed by atoms with Crippen molar-refractivity contribution in [2.45, 2.75) is 13.8 Å². The normalized spacial score (nSPS) is 9.69. The van der Waals surface area contributed by atoms with E-state index in [0.29, 0.717) is 6.29 Å². The Balaban J connectivity index is 3.47. The van der Waals surface area contributed by atoms with Gasteiger partial charge in [-0.25, -0.2) is 0 Å². The second-order valence-corrected chi connectivity index (χ2v) is 2.92. The first-order valence-corrected chi connectivity index (χ1v) is 3.86. The zero-order valence-corrected chi connectivity index (χ0v) is 7.50. The first kappa shape index (κ1) is 9.45. The summed E-state index contributed by atoms with van der Waals surface area (Å²) in [6, 6.07) is 3.03. The molecule has 1 aromatic carbocycles. The van der Waals surface area contributed by atoms with Gasteiger partial charge in [-0.15, -0.1) is 0 Å². The lowest BCUT2D eigenvalue weighted by Crippen LogP contribution is -1.99. The third-order valence-corrected chi connectivity index (χ3v) is 1.77. The standard InChI is InChI=1S/C10H10O3/c1-6-3-8(5-11)10(7(2)12)9(13)4-6/h3-5,13H,1-2H3. The fourth-order valence-electron chi connectivity index (χ4n) is 1.27. The molecule has 0 heterocycles. The molecule has 0 aliphatic rings. The van der Waals surface area contributed by atoms with E-state index in [-0.39, 0.29) is 22.7 Å². The van der Waals surface area contributed by atoms with Gasteiger partial charge in [0.15, 0.2) is 12.1 Å². The minimum Gasteiger partial charge on any atom is -0.507 e. The molecule has 0 spiro atoms. The maximum atomic E-state index is 11.0. The number of hydrogen-bond acceptors (Lipinski definition) is 3. The van der Waals surface area contributed by atoms with E-state index in [0.717, 1.165) is 5.56 Å². The third kappa shape index (κ3) is 1.75. The van der Waals surface area contributed by atoms with Crippen LogP contribution in [0.3, 0.4) is 0 Å². The van der Waals surface area contributed by atoms with Gasteiger partial charge in [0, 0.05) is 5.56 Å². The molecule has 0 saturated heterocycles. The van der Waals surface area contributed by atoms with Gasteiger partial charge in [0.25, 0.3) is 0 Å². The van der Waals surface area contributed by atoms with Gasteiger partial charge in [0.05, 0.1) is 5.56 Å². The average molecular weight is 178 g/mol. The molecular formula is C10H10O3. The number of hydrogen-bond donors (Lipinski definition) is 1. The van der Waals surface area contributed by atoms with Crippen LogP contribution in [-0.2, 0) is 0 Å². The highest BCUT2D eigenvalue weighted by atomic mass is 16.3. The zero-order valence-electron chi connectivity index (χ0n) is 7.50. The predicted octanol–water partition coefficient (Wildman–Crippen LogP) is 1.72. The number of carbonyl (C=O) groups excluding carboxylic acids is 2. The maximum Gasteiger partial charge on any atom is 0.164 e. The van der Waals surface area contributed by atoms with Gasteiger partial charge in [0.1, 0.15) is 5.75 Å². The Morgan fingerprint density at radius 2 is 2.08 bits per heavy atom. The molecule has 0 aliphatic carbocycles. The Kier molecular flexibility index (Phi) is 2.46. The number of carbonyl (C=O) groups is 2. The highest BCUT2D eigenvalue weighted by molar-refractivity contribution is 6.03. The molecule has 0 atom stereocenters. The number of aromatic hydroxyl groups is 1. The van der Waals surface area contributed by atoms with Crippen molar-refractivity contribution in [3.8, 4) is 5.75 Å². The Hall–Kier alpha value is -1.64. The molecule has 0 amide bonds. The van der Waals surface area contributed by atoms with Crippen molar-refractivity contribution in [3.63, 3.8) is 0 Å². The van der Waals surface area contributed by atoms with Crippen molar-refractivity contribution >= 4 is 12.1 Å². The molecule has 1 rings (SSSR count). The molecule has 0 aliphatic heterocycles. The fraction of sp³-hybridized carbons (Fsp3) is 0.200. The second kappa shape index (κ2) is 3.39. The van der Waals surface area contributed by atoms with Crippen LogP contribution in [0.5, 0.6) is 5.75 Å². The summed E-state index contributed by atoms with van der Waals surface area (Å²) in [4.78, 5) is 21.6. The van der Waals surface area contributed by atoms with E-state index in [1.165, 1.54) is 13.0 Å². The van der Waals surface area contributed by atoms with Gasteiger partial charge in [-0.2, -0.15) is 0 Å². The summed E-state index contributed by atoms with van der Waals surface area (Å²) in [6.07, 6.45) is 0.573. The smallest absolute Gasteiger partial charge is 0.164 e. The van der Waals surface area contributed by atoms with E-state index in [4.69, 9.17) is 0 Å². The number of phenols is 1. The number of phenolic OH excluding ortho intramolecular Hbond substituents is 1. The van der Waals surface area contributed by atoms with Gasteiger partial charge in [-0.1, -0.05) is 0 Å². The van der Waals surface area contributed by atoms with E-state index in [2.05, 4.69) is 0 Å². The van der Waals surface area contributed by atoms with Crippen LogP contribution in [0.15, 0.2) is 12.1 Å². The van der Waals surface area contributed by atoms with Crippen LogP contribution in [0.2, 0.25) is 0 Å². The van der Waals surface area contributed by atoms with E-state index < -0.39 is 0 Å². The van der Waals surface area contributed by atoms with Crippen molar-refractivity contribution < 1.29 is 14.7 Å². The molecule has 3 nitrogen and oxygen atoms in total. The monoisotopic (exact) mass is 178 g/mol. The van der Waals surface area contributed by atoms with Crippen LogP contribution in [-0.4, -0.2) is 17.2 Å². The highest BCUT2D eigenvalue weighted by Crippen LogP contribution is 2.22. The van der Waals surface area contributed by atoms with E-state index >= 15 is 0 Å². The minimum absolute atomic E-state index is 0.0978. The molecule has 1 aromatic rings. The number of rotatable bonds is 2. The lowest BCUT2D eigenvalue weighted by molar-refractivity contribution is 0.100. The number of Topliss-reactive ketones (excluding diaryl/α,β-unsaturated/α-hetero) is 1. The first-order valence-electron chi connectivity index (χ1n) is 3.86. The summed E-state index contributed by atoms with van der Waals surface area (Å²) in [5, 5.41) is 9.39. The Morgan fingerprint density at radius 3 is 2.54 bits per heavy atom. The third-order valence-electron chi connectivity index (χ3n) is 1.77. The Labute approximate surface area is 76.0 Å². The number of aryl methyl sites for hydroxylation is 1. The molecule has 0 unspecified atom stereocenters. The van der Waals surface area contributed by atoms with Crippen LogP contribution < -0.4 is 0 Å². The summed E-state index contributed by atoms with van der Waals surface area (Å²) in [5.74, 6) is -0.436.